The zero-order valence-electron chi connectivity index (χ0n) is 13.6. The first-order valence-corrected chi connectivity index (χ1v) is 9.48. The second kappa shape index (κ2) is 7.89. The van der Waals surface area contributed by atoms with Crippen molar-refractivity contribution < 1.29 is 13.2 Å². The molecule has 0 bridgehead atoms. The number of hydrogen-bond donors (Lipinski definition) is 0. The number of carbonyl (C=O) groups excluding carboxylic acids is 1. The van der Waals surface area contributed by atoms with E-state index in [1.165, 1.54) is 12.3 Å². The van der Waals surface area contributed by atoms with Gasteiger partial charge in [0.1, 0.15) is 9.84 Å². The van der Waals surface area contributed by atoms with Crippen LogP contribution >= 0.6 is 0 Å². The molecular weight excluding hydrogens is 346 g/mol. The largest absolute Gasteiger partial charge is 0.339 e. The third-order valence-corrected chi connectivity index (χ3v) is 5.72. The molecule has 1 heterocycles. The summed E-state index contributed by atoms with van der Waals surface area (Å²) in [4.78, 5) is 19.6. The van der Waals surface area contributed by atoms with Crippen LogP contribution in [0.25, 0.3) is 20.9 Å². The summed E-state index contributed by atoms with van der Waals surface area (Å²) in [6.07, 6.45) is 2.00. The molecule has 1 saturated heterocycles. The summed E-state index contributed by atoms with van der Waals surface area (Å²) in [5, 5.41) is 6.53. The number of rotatable bonds is 5. The van der Waals surface area contributed by atoms with E-state index in [0.717, 1.165) is 0 Å². The molecule has 1 aromatic carbocycles. The van der Waals surface area contributed by atoms with Crippen molar-refractivity contribution >= 4 is 21.4 Å². The van der Waals surface area contributed by atoms with E-state index in [1.54, 1.807) is 17.0 Å². The van der Waals surface area contributed by atoms with Gasteiger partial charge in [-0.1, -0.05) is 10.2 Å². The Morgan fingerprint density at radius 3 is 2.48 bits per heavy atom. The van der Waals surface area contributed by atoms with Crippen LogP contribution in [-0.4, -0.2) is 43.8 Å². The van der Waals surface area contributed by atoms with Crippen molar-refractivity contribution in [2.75, 3.05) is 19.3 Å². The fourth-order valence-corrected chi connectivity index (χ4v) is 3.85. The summed E-state index contributed by atoms with van der Waals surface area (Å²) >= 11 is 0. The SMILES string of the molecule is CS(=O)(=O)C1CCN(C(=O)c2cc(CN=[N+]=[N-])cc(N=[N+]=[N-])c2)CC1. The van der Waals surface area contributed by atoms with Gasteiger partial charge in [0.2, 0.25) is 0 Å². The van der Waals surface area contributed by atoms with Crippen LogP contribution in [0, 0.1) is 0 Å². The monoisotopic (exact) mass is 363 g/mol. The topological polar surface area (TPSA) is 152 Å². The van der Waals surface area contributed by atoms with Gasteiger partial charge in [-0.2, -0.15) is 0 Å². The van der Waals surface area contributed by atoms with Crippen molar-refractivity contribution in [3.8, 4) is 0 Å². The van der Waals surface area contributed by atoms with E-state index in [1.807, 2.05) is 0 Å². The molecule has 1 aliphatic rings. The highest BCUT2D eigenvalue weighted by Crippen LogP contribution is 2.23. The van der Waals surface area contributed by atoms with Crippen LogP contribution in [-0.2, 0) is 16.4 Å². The molecule has 132 valence electrons. The lowest BCUT2D eigenvalue weighted by atomic mass is 10.1. The maximum Gasteiger partial charge on any atom is 0.253 e. The van der Waals surface area contributed by atoms with Crippen molar-refractivity contribution in [2.24, 2.45) is 10.2 Å². The van der Waals surface area contributed by atoms with Crippen LogP contribution in [0.2, 0.25) is 0 Å². The van der Waals surface area contributed by atoms with E-state index in [-0.39, 0.29) is 18.1 Å². The van der Waals surface area contributed by atoms with Gasteiger partial charge in [0.15, 0.2) is 0 Å². The standard InChI is InChI=1S/C14H17N7O3S/c1-25(23,24)13-2-4-21(5-3-13)14(22)11-6-10(9-17-19-15)7-12(8-11)18-20-16/h6-8,13H,2-5,9H2,1H3. The molecule has 1 fully saturated rings. The molecule has 2 rings (SSSR count). The van der Waals surface area contributed by atoms with Gasteiger partial charge >= 0.3 is 0 Å². The van der Waals surface area contributed by atoms with Gasteiger partial charge in [0.05, 0.1) is 11.8 Å². The quantitative estimate of drug-likeness (QED) is 0.448. The number of azide groups is 2. The lowest BCUT2D eigenvalue weighted by Crippen LogP contribution is -2.42. The molecule has 1 aromatic rings. The van der Waals surface area contributed by atoms with E-state index >= 15 is 0 Å². The number of nitrogens with zero attached hydrogens (tertiary/aromatic N) is 7. The number of carbonyl (C=O) groups is 1. The van der Waals surface area contributed by atoms with E-state index in [0.29, 0.717) is 37.1 Å². The smallest absolute Gasteiger partial charge is 0.253 e. The minimum Gasteiger partial charge on any atom is -0.339 e. The van der Waals surface area contributed by atoms with E-state index in [9.17, 15) is 13.2 Å². The van der Waals surface area contributed by atoms with Crippen LogP contribution in [0.5, 0.6) is 0 Å². The summed E-state index contributed by atoms with van der Waals surface area (Å²) in [5.74, 6) is -0.274. The molecule has 0 aliphatic carbocycles. The Labute approximate surface area is 144 Å². The molecule has 0 radical (unpaired) electrons. The predicted octanol–water partition coefficient (Wildman–Crippen LogP) is 3.09. The highest BCUT2D eigenvalue weighted by molar-refractivity contribution is 7.91. The first-order valence-electron chi connectivity index (χ1n) is 7.53. The van der Waals surface area contributed by atoms with E-state index in [4.69, 9.17) is 11.1 Å². The second-order valence-electron chi connectivity index (χ2n) is 5.79. The van der Waals surface area contributed by atoms with Crippen molar-refractivity contribution in [2.45, 2.75) is 24.6 Å². The lowest BCUT2D eigenvalue weighted by molar-refractivity contribution is 0.0725. The fraction of sp³-hybridized carbons (Fsp3) is 0.500. The van der Waals surface area contributed by atoms with E-state index in [2.05, 4.69) is 20.1 Å². The molecule has 0 spiro atoms. The minimum atomic E-state index is -3.11. The van der Waals surface area contributed by atoms with Gasteiger partial charge in [0, 0.05) is 40.4 Å². The normalized spacial score (nSPS) is 15.2. The maximum atomic E-state index is 12.7. The first-order chi connectivity index (χ1) is 11.8. The van der Waals surface area contributed by atoms with Crippen LogP contribution < -0.4 is 0 Å². The Bertz CT molecular complexity index is 862. The molecule has 10 nitrogen and oxygen atoms in total. The highest BCUT2D eigenvalue weighted by Gasteiger charge is 2.29. The van der Waals surface area contributed by atoms with Crippen molar-refractivity contribution in [3.05, 3.63) is 50.2 Å². The van der Waals surface area contributed by atoms with Crippen molar-refractivity contribution in [3.63, 3.8) is 0 Å². The summed E-state index contributed by atoms with van der Waals surface area (Å²) in [7, 11) is -3.11. The average molecular weight is 363 g/mol. The van der Waals surface area contributed by atoms with Gasteiger partial charge in [-0.3, -0.25) is 4.79 Å². The van der Waals surface area contributed by atoms with Gasteiger partial charge in [-0.15, -0.1) is 0 Å². The van der Waals surface area contributed by atoms with Gasteiger partial charge in [0.25, 0.3) is 5.91 Å². The number of piperidine rings is 1. The Morgan fingerprint density at radius 1 is 1.24 bits per heavy atom. The zero-order chi connectivity index (χ0) is 18.4. The lowest BCUT2D eigenvalue weighted by Gasteiger charge is -2.31. The number of hydrogen-bond acceptors (Lipinski definition) is 5. The average Bonchev–Trinajstić information content (AvgIpc) is 2.59. The molecule has 1 amide bonds. The highest BCUT2D eigenvalue weighted by atomic mass is 32.2. The summed E-state index contributed by atoms with van der Waals surface area (Å²) in [6, 6.07) is 4.58. The molecule has 1 aliphatic heterocycles. The van der Waals surface area contributed by atoms with Crippen LogP contribution in [0.1, 0.15) is 28.8 Å². The summed E-state index contributed by atoms with van der Waals surface area (Å²) in [6.45, 7) is 0.712. The number of amides is 1. The minimum absolute atomic E-state index is 0.0295. The van der Waals surface area contributed by atoms with Crippen LogP contribution in [0.4, 0.5) is 5.69 Å². The van der Waals surface area contributed by atoms with Crippen molar-refractivity contribution in [1.82, 2.24) is 4.90 Å². The molecule has 0 N–H and O–H groups in total. The Hall–Kier alpha value is -2.74. The molecule has 0 atom stereocenters. The molecule has 0 aromatic heterocycles. The van der Waals surface area contributed by atoms with Gasteiger partial charge < -0.3 is 4.90 Å². The number of likely N-dealkylation sites (tertiary alicyclic amines) is 1. The van der Waals surface area contributed by atoms with Crippen LogP contribution in [0.15, 0.2) is 28.4 Å². The zero-order valence-corrected chi connectivity index (χ0v) is 14.4. The Morgan fingerprint density at radius 2 is 1.92 bits per heavy atom. The maximum absolute atomic E-state index is 12.7. The van der Waals surface area contributed by atoms with Crippen molar-refractivity contribution in [1.29, 1.82) is 0 Å². The molecule has 25 heavy (non-hydrogen) atoms. The Balaban J connectivity index is 2.22. The van der Waals surface area contributed by atoms with Gasteiger partial charge in [-0.25, -0.2) is 8.42 Å². The van der Waals surface area contributed by atoms with Crippen LogP contribution in [0.3, 0.4) is 0 Å². The van der Waals surface area contributed by atoms with E-state index < -0.39 is 15.1 Å². The first kappa shape index (κ1) is 18.6. The summed E-state index contributed by atoms with van der Waals surface area (Å²) < 4.78 is 23.2. The molecule has 11 heteroatoms. The predicted molar refractivity (Wildman–Crippen MR) is 91.9 cm³/mol. The third-order valence-electron chi connectivity index (χ3n) is 4.04. The molecule has 0 saturated carbocycles. The third kappa shape index (κ3) is 4.87. The Kier molecular flexibility index (Phi) is 5.87. The second-order valence-corrected chi connectivity index (χ2v) is 8.11. The fourth-order valence-electron chi connectivity index (χ4n) is 2.78. The van der Waals surface area contributed by atoms with Gasteiger partial charge in [-0.05, 0) is 47.7 Å². The number of sulfone groups is 1. The molecular formula is C14H17N7O3S. The molecule has 0 unspecified atom stereocenters. The number of benzene rings is 1. The summed E-state index contributed by atoms with van der Waals surface area (Å²) in [5.41, 5.74) is 18.1.